The number of rotatable bonds is 6. The van der Waals surface area contributed by atoms with Gasteiger partial charge >= 0.3 is 0 Å². The van der Waals surface area contributed by atoms with Crippen LogP contribution in [0.1, 0.15) is 56.6 Å². The van der Waals surface area contributed by atoms with Crippen molar-refractivity contribution in [1.29, 1.82) is 0 Å². The largest absolute Gasteiger partial charge is 0.496 e. The zero-order valence-corrected chi connectivity index (χ0v) is 14.6. The van der Waals surface area contributed by atoms with Gasteiger partial charge in [0.1, 0.15) is 5.75 Å². The fourth-order valence-electron chi connectivity index (χ4n) is 3.23. The molecule has 0 bridgehead atoms. The van der Waals surface area contributed by atoms with E-state index in [1.807, 2.05) is 0 Å². The Kier molecular flexibility index (Phi) is 5.13. The summed E-state index contributed by atoms with van der Waals surface area (Å²) >= 11 is 0. The van der Waals surface area contributed by atoms with E-state index in [1.54, 1.807) is 7.11 Å². The number of nitrogens with zero attached hydrogens (tertiary/aromatic N) is 3. The molecule has 6 nitrogen and oxygen atoms in total. The first-order valence-corrected chi connectivity index (χ1v) is 8.55. The van der Waals surface area contributed by atoms with Crippen LogP contribution in [0.2, 0.25) is 0 Å². The van der Waals surface area contributed by atoms with Crippen LogP contribution in [0.25, 0.3) is 5.57 Å². The van der Waals surface area contributed by atoms with Gasteiger partial charge in [-0.15, -0.1) is 5.10 Å². The van der Waals surface area contributed by atoms with Gasteiger partial charge in [0.2, 0.25) is 0 Å². The van der Waals surface area contributed by atoms with Crippen LogP contribution in [0.5, 0.6) is 5.75 Å². The number of hydrogen-bond donors (Lipinski definition) is 2. The molecule has 2 aromatic rings. The minimum atomic E-state index is 0.500. The lowest BCUT2D eigenvalue weighted by atomic mass is 9.85. The van der Waals surface area contributed by atoms with Crippen molar-refractivity contribution >= 4 is 11.5 Å². The Hall–Kier alpha value is -2.37. The summed E-state index contributed by atoms with van der Waals surface area (Å²) in [5.74, 6) is 1.99. The van der Waals surface area contributed by atoms with Gasteiger partial charge in [-0.3, -0.25) is 0 Å². The van der Waals surface area contributed by atoms with Crippen molar-refractivity contribution in [2.75, 3.05) is 19.0 Å². The van der Waals surface area contributed by atoms with E-state index in [0.29, 0.717) is 11.9 Å². The fraction of sp³-hybridized carbons (Fsp3) is 0.500. The molecule has 24 heavy (non-hydrogen) atoms. The molecular weight excluding hydrogens is 302 g/mol. The van der Waals surface area contributed by atoms with Crippen LogP contribution in [0.15, 0.2) is 23.8 Å². The predicted octanol–water partition coefficient (Wildman–Crippen LogP) is 3.77. The van der Waals surface area contributed by atoms with Gasteiger partial charge in [0, 0.05) is 12.1 Å². The fourth-order valence-corrected chi connectivity index (χ4v) is 3.23. The second-order valence-corrected chi connectivity index (χ2v) is 6.49. The Morgan fingerprint density at radius 3 is 2.79 bits per heavy atom. The highest BCUT2D eigenvalue weighted by molar-refractivity contribution is 5.75. The lowest BCUT2D eigenvalue weighted by Crippen LogP contribution is -2.12. The molecule has 0 fully saturated rings. The summed E-state index contributed by atoms with van der Waals surface area (Å²) in [6.45, 7) is 5.18. The third kappa shape index (κ3) is 3.58. The molecule has 3 rings (SSSR count). The maximum atomic E-state index is 5.64. The molecule has 1 heterocycles. The summed E-state index contributed by atoms with van der Waals surface area (Å²) in [6.07, 6.45) is 4.62. The maximum absolute atomic E-state index is 5.64. The molecule has 0 radical (unpaired) electrons. The molecule has 1 aliphatic rings. The van der Waals surface area contributed by atoms with Crippen molar-refractivity contribution in [3.8, 4) is 5.75 Å². The molecule has 0 atom stereocenters. The Morgan fingerprint density at radius 1 is 1.25 bits per heavy atom. The number of aromatic amines is 1. The van der Waals surface area contributed by atoms with Crippen LogP contribution < -0.4 is 10.1 Å². The third-order valence-corrected chi connectivity index (χ3v) is 4.60. The summed E-state index contributed by atoms with van der Waals surface area (Å²) in [5, 5.41) is 17.2. The number of H-pyrrole nitrogens is 1. The highest BCUT2D eigenvalue weighted by Crippen LogP contribution is 2.38. The SMILES string of the molecule is COc1ccc(C(C)C)cc1C1=C(CNc2nn[nH]n2)CCCC1. The smallest absolute Gasteiger partial charge is 0.263 e. The van der Waals surface area contributed by atoms with Crippen LogP contribution in [0.3, 0.4) is 0 Å². The Labute approximate surface area is 142 Å². The average Bonchev–Trinajstić information content (AvgIpc) is 3.13. The molecule has 128 valence electrons. The first-order chi connectivity index (χ1) is 11.7. The van der Waals surface area contributed by atoms with Gasteiger partial charge in [-0.25, -0.2) is 0 Å². The zero-order chi connectivity index (χ0) is 16.9. The van der Waals surface area contributed by atoms with Crippen LogP contribution in [0.4, 0.5) is 5.95 Å². The number of methoxy groups -OCH3 is 1. The third-order valence-electron chi connectivity index (χ3n) is 4.60. The number of hydrogen-bond acceptors (Lipinski definition) is 5. The van der Waals surface area contributed by atoms with Gasteiger partial charge in [-0.2, -0.15) is 5.21 Å². The normalized spacial score (nSPS) is 15.0. The molecule has 1 aromatic carbocycles. The zero-order valence-electron chi connectivity index (χ0n) is 14.6. The molecule has 0 spiro atoms. The number of tetrazole rings is 1. The number of allylic oxidation sites excluding steroid dienone is 1. The molecule has 1 aliphatic carbocycles. The van der Waals surface area contributed by atoms with Crippen molar-refractivity contribution in [3.05, 3.63) is 34.9 Å². The molecule has 0 aliphatic heterocycles. The second-order valence-electron chi connectivity index (χ2n) is 6.49. The summed E-state index contributed by atoms with van der Waals surface area (Å²) in [5.41, 5.74) is 5.38. The van der Waals surface area contributed by atoms with E-state index < -0.39 is 0 Å². The number of ether oxygens (including phenoxy) is 1. The van der Waals surface area contributed by atoms with E-state index in [2.05, 4.69) is 58.0 Å². The van der Waals surface area contributed by atoms with Crippen molar-refractivity contribution in [2.24, 2.45) is 0 Å². The topological polar surface area (TPSA) is 75.7 Å². The van der Waals surface area contributed by atoms with Gasteiger partial charge in [0.05, 0.1) is 7.11 Å². The quantitative estimate of drug-likeness (QED) is 0.844. The first kappa shape index (κ1) is 16.5. The van der Waals surface area contributed by atoms with E-state index in [4.69, 9.17) is 4.74 Å². The molecular formula is C18H25N5O. The van der Waals surface area contributed by atoms with Crippen LogP contribution in [-0.4, -0.2) is 34.3 Å². The number of anilines is 1. The maximum Gasteiger partial charge on any atom is 0.263 e. The van der Waals surface area contributed by atoms with E-state index in [0.717, 1.165) is 25.1 Å². The van der Waals surface area contributed by atoms with E-state index in [1.165, 1.54) is 35.1 Å². The number of benzene rings is 1. The Morgan fingerprint density at radius 2 is 2.08 bits per heavy atom. The molecule has 0 saturated heterocycles. The van der Waals surface area contributed by atoms with Gasteiger partial charge < -0.3 is 10.1 Å². The monoisotopic (exact) mass is 327 g/mol. The minimum Gasteiger partial charge on any atom is -0.496 e. The minimum absolute atomic E-state index is 0.500. The highest BCUT2D eigenvalue weighted by atomic mass is 16.5. The van der Waals surface area contributed by atoms with Gasteiger partial charge in [0.25, 0.3) is 5.95 Å². The summed E-state index contributed by atoms with van der Waals surface area (Å²) in [4.78, 5) is 0. The lowest BCUT2D eigenvalue weighted by molar-refractivity contribution is 0.413. The van der Waals surface area contributed by atoms with Crippen LogP contribution in [0, 0.1) is 0 Å². The molecule has 0 unspecified atom stereocenters. The van der Waals surface area contributed by atoms with Gasteiger partial charge in [-0.1, -0.05) is 25.0 Å². The van der Waals surface area contributed by atoms with E-state index in [9.17, 15) is 0 Å². The Bertz CT molecular complexity index is 706. The lowest BCUT2D eigenvalue weighted by Gasteiger charge is -2.23. The molecule has 1 aromatic heterocycles. The molecule has 0 saturated carbocycles. The molecule has 0 amide bonds. The number of aromatic nitrogens is 4. The predicted molar refractivity (Wildman–Crippen MR) is 95.1 cm³/mol. The Balaban J connectivity index is 1.94. The van der Waals surface area contributed by atoms with Crippen LogP contribution in [-0.2, 0) is 0 Å². The first-order valence-electron chi connectivity index (χ1n) is 8.55. The summed E-state index contributed by atoms with van der Waals surface area (Å²) in [6, 6.07) is 6.54. The second kappa shape index (κ2) is 7.47. The summed E-state index contributed by atoms with van der Waals surface area (Å²) in [7, 11) is 1.74. The standard InChI is InChI=1S/C18H25N5O/c1-12(2)13-8-9-17(24-3)16(10-13)15-7-5-4-6-14(15)11-19-18-20-22-23-21-18/h8-10,12H,4-7,11H2,1-3H3,(H2,19,20,21,22,23). The van der Waals surface area contributed by atoms with Crippen molar-refractivity contribution < 1.29 is 4.74 Å². The van der Waals surface area contributed by atoms with E-state index in [-0.39, 0.29) is 0 Å². The van der Waals surface area contributed by atoms with Crippen molar-refractivity contribution in [2.45, 2.75) is 45.4 Å². The molecule has 6 heteroatoms. The van der Waals surface area contributed by atoms with Gasteiger partial charge in [-0.05, 0) is 65.7 Å². The average molecular weight is 327 g/mol. The summed E-state index contributed by atoms with van der Waals surface area (Å²) < 4.78 is 5.64. The van der Waals surface area contributed by atoms with Crippen molar-refractivity contribution in [3.63, 3.8) is 0 Å². The number of nitrogens with one attached hydrogen (secondary N) is 2. The van der Waals surface area contributed by atoms with Crippen LogP contribution >= 0.6 is 0 Å². The van der Waals surface area contributed by atoms with Gasteiger partial charge in [0.15, 0.2) is 0 Å². The molecule has 2 N–H and O–H groups in total. The van der Waals surface area contributed by atoms with E-state index >= 15 is 0 Å². The highest BCUT2D eigenvalue weighted by Gasteiger charge is 2.19. The van der Waals surface area contributed by atoms with Crippen molar-refractivity contribution in [1.82, 2.24) is 20.6 Å².